The van der Waals surface area contributed by atoms with Crippen molar-refractivity contribution in [1.29, 1.82) is 0 Å². The average molecular weight is 391 g/mol. The van der Waals surface area contributed by atoms with E-state index in [1.54, 1.807) is 0 Å². The summed E-state index contributed by atoms with van der Waals surface area (Å²) in [7, 11) is 0. The molecule has 1 aromatic rings. The van der Waals surface area contributed by atoms with Crippen LogP contribution in [0.1, 0.15) is 83.1 Å². The summed E-state index contributed by atoms with van der Waals surface area (Å²) in [5.41, 5.74) is 1.24. The summed E-state index contributed by atoms with van der Waals surface area (Å²) in [4.78, 5) is 0. The fourth-order valence-corrected chi connectivity index (χ4v) is 3.86. The van der Waals surface area contributed by atoms with E-state index in [1.165, 1.54) is 69.8 Å². The lowest BCUT2D eigenvalue weighted by Gasteiger charge is -2.34. The molecule has 0 bridgehead atoms. The second-order valence-electron chi connectivity index (χ2n) is 8.11. The van der Waals surface area contributed by atoms with E-state index in [-0.39, 0.29) is 13.2 Å². The molecule has 0 atom stereocenters. The maximum absolute atomic E-state index is 9.57. The molecule has 0 heterocycles. The maximum atomic E-state index is 9.57. The zero-order chi connectivity index (χ0) is 20.3. The van der Waals surface area contributed by atoms with Crippen molar-refractivity contribution in [2.45, 2.75) is 84.1 Å². The smallest absolute Gasteiger partial charge is 0.109 e. The summed E-state index contributed by atoms with van der Waals surface area (Å²) in [6.07, 6.45) is 19.2. The van der Waals surface area contributed by atoms with E-state index in [1.807, 2.05) is 6.07 Å². The largest absolute Gasteiger partial charge is 0.390 e. The van der Waals surface area contributed by atoms with Gasteiger partial charge in [0.15, 0.2) is 0 Å². The Morgan fingerprint density at radius 1 is 0.750 bits per heavy atom. The Bertz CT molecular complexity index is 481. The molecule has 0 radical (unpaired) electrons. The average Bonchev–Trinajstić information content (AvgIpc) is 2.70. The molecule has 0 aliphatic rings. The van der Waals surface area contributed by atoms with Crippen molar-refractivity contribution in [1.82, 2.24) is 0 Å². The van der Waals surface area contributed by atoms with Gasteiger partial charge in [-0.3, -0.25) is 4.48 Å². The van der Waals surface area contributed by atoms with Gasteiger partial charge in [-0.25, -0.2) is 0 Å². The highest BCUT2D eigenvalue weighted by atomic mass is 16.3. The van der Waals surface area contributed by atoms with Gasteiger partial charge in [0.2, 0.25) is 0 Å². The molecule has 0 aromatic heterocycles. The van der Waals surface area contributed by atoms with Gasteiger partial charge < -0.3 is 10.2 Å². The van der Waals surface area contributed by atoms with Crippen molar-refractivity contribution in [2.75, 3.05) is 26.3 Å². The number of hydrogen-bond donors (Lipinski definition) is 2. The molecule has 0 fully saturated rings. The summed E-state index contributed by atoms with van der Waals surface area (Å²) in [5, 5.41) is 19.1. The summed E-state index contributed by atoms with van der Waals surface area (Å²) in [6.45, 7) is 4.64. The molecule has 0 saturated heterocycles. The van der Waals surface area contributed by atoms with Crippen LogP contribution in [0, 0.1) is 0 Å². The highest BCUT2D eigenvalue weighted by molar-refractivity contribution is 5.13. The van der Waals surface area contributed by atoms with Gasteiger partial charge in [-0.05, 0) is 18.9 Å². The monoisotopic (exact) mass is 390 g/mol. The lowest BCUT2D eigenvalue weighted by Crippen LogP contribution is -2.46. The van der Waals surface area contributed by atoms with Crippen LogP contribution in [-0.2, 0) is 6.54 Å². The van der Waals surface area contributed by atoms with Crippen LogP contribution in [-0.4, -0.2) is 41.0 Å². The minimum Gasteiger partial charge on any atom is -0.390 e. The number of rotatable bonds is 18. The van der Waals surface area contributed by atoms with Crippen molar-refractivity contribution in [2.24, 2.45) is 0 Å². The zero-order valence-electron chi connectivity index (χ0n) is 18.2. The molecular formula is C25H44NO2+. The molecule has 28 heavy (non-hydrogen) atoms. The molecule has 0 aliphatic carbocycles. The topological polar surface area (TPSA) is 40.5 Å². The van der Waals surface area contributed by atoms with Crippen LogP contribution in [0.2, 0.25) is 0 Å². The van der Waals surface area contributed by atoms with Gasteiger partial charge in [0.05, 0.1) is 19.4 Å². The molecule has 2 N–H and O–H groups in total. The lowest BCUT2D eigenvalue weighted by molar-refractivity contribution is -0.893. The SMILES string of the molecule is CCCCCCCCCCCC/C=C/[N+](CCO)(CCO)Cc1ccccc1. The number of hydrogen-bond acceptors (Lipinski definition) is 2. The first-order chi connectivity index (χ1) is 13.8. The predicted octanol–water partition coefficient (Wildman–Crippen LogP) is 5.81. The summed E-state index contributed by atoms with van der Waals surface area (Å²) in [5.74, 6) is 0. The fraction of sp³-hybridized carbons (Fsp3) is 0.680. The molecule has 1 rings (SSSR count). The summed E-state index contributed by atoms with van der Waals surface area (Å²) < 4.78 is 0.620. The molecule has 0 unspecified atom stereocenters. The second-order valence-corrected chi connectivity index (χ2v) is 8.11. The number of unbranched alkanes of at least 4 members (excludes halogenated alkanes) is 10. The fourth-order valence-electron chi connectivity index (χ4n) is 3.86. The number of benzene rings is 1. The van der Waals surface area contributed by atoms with Crippen molar-refractivity contribution < 1.29 is 14.7 Å². The molecule has 0 saturated carbocycles. The van der Waals surface area contributed by atoms with Crippen LogP contribution in [0.4, 0.5) is 0 Å². The third-order valence-electron chi connectivity index (χ3n) is 5.58. The molecule has 0 aliphatic heterocycles. The highest BCUT2D eigenvalue weighted by Gasteiger charge is 2.24. The second kappa shape index (κ2) is 16.8. The van der Waals surface area contributed by atoms with Crippen molar-refractivity contribution >= 4 is 0 Å². The summed E-state index contributed by atoms with van der Waals surface area (Å²) >= 11 is 0. The Hall–Kier alpha value is -1.16. The Labute approximate surface area is 173 Å². The van der Waals surface area contributed by atoms with Gasteiger partial charge in [-0.2, -0.15) is 0 Å². The van der Waals surface area contributed by atoms with Crippen molar-refractivity contribution in [3.63, 3.8) is 0 Å². The Kier molecular flexibility index (Phi) is 14.9. The van der Waals surface area contributed by atoms with E-state index < -0.39 is 0 Å². The normalized spacial score (nSPS) is 12.1. The number of allylic oxidation sites excluding steroid dienone is 1. The minimum atomic E-state index is 0.134. The highest BCUT2D eigenvalue weighted by Crippen LogP contribution is 2.17. The van der Waals surface area contributed by atoms with E-state index in [0.717, 1.165) is 13.0 Å². The Morgan fingerprint density at radius 3 is 1.82 bits per heavy atom. The molecule has 3 heteroatoms. The summed E-state index contributed by atoms with van der Waals surface area (Å²) in [6, 6.07) is 10.4. The first-order valence-corrected chi connectivity index (χ1v) is 11.6. The molecular weight excluding hydrogens is 346 g/mol. The van der Waals surface area contributed by atoms with E-state index in [2.05, 4.69) is 43.5 Å². The molecule has 160 valence electrons. The van der Waals surface area contributed by atoms with Gasteiger partial charge >= 0.3 is 0 Å². The first-order valence-electron chi connectivity index (χ1n) is 11.6. The van der Waals surface area contributed by atoms with Crippen LogP contribution in [0.15, 0.2) is 42.6 Å². The van der Waals surface area contributed by atoms with Gasteiger partial charge in [0, 0.05) is 5.56 Å². The first kappa shape index (κ1) is 24.9. The molecule has 0 spiro atoms. The van der Waals surface area contributed by atoms with E-state index >= 15 is 0 Å². The van der Waals surface area contributed by atoms with Gasteiger partial charge in [0.25, 0.3) is 0 Å². The van der Waals surface area contributed by atoms with Crippen LogP contribution in [0.5, 0.6) is 0 Å². The van der Waals surface area contributed by atoms with E-state index in [0.29, 0.717) is 17.6 Å². The van der Waals surface area contributed by atoms with E-state index in [4.69, 9.17) is 0 Å². The van der Waals surface area contributed by atoms with Crippen molar-refractivity contribution in [3.8, 4) is 0 Å². The van der Waals surface area contributed by atoms with Crippen LogP contribution >= 0.6 is 0 Å². The minimum absolute atomic E-state index is 0.134. The van der Waals surface area contributed by atoms with Crippen LogP contribution in [0.3, 0.4) is 0 Å². The maximum Gasteiger partial charge on any atom is 0.109 e. The Morgan fingerprint density at radius 2 is 1.29 bits per heavy atom. The standard InChI is InChI=1S/C25H44NO2/c1-2-3-4-5-6-7-8-9-10-11-12-16-19-26(20-22-27,21-23-28)24-25-17-14-13-15-18-25/h13-19,27-28H,2-12,20-24H2,1H3/q+1/b19-16+. The quantitative estimate of drug-likeness (QED) is 0.245. The number of aliphatic hydroxyl groups excluding tert-OH is 2. The third kappa shape index (κ3) is 11.6. The van der Waals surface area contributed by atoms with Crippen molar-refractivity contribution in [3.05, 3.63) is 48.2 Å². The zero-order valence-corrected chi connectivity index (χ0v) is 18.2. The predicted molar refractivity (Wildman–Crippen MR) is 120 cm³/mol. The van der Waals surface area contributed by atoms with Gasteiger partial charge in [-0.1, -0.05) is 95.0 Å². The van der Waals surface area contributed by atoms with Crippen LogP contribution < -0.4 is 0 Å². The number of quaternary nitrogens is 1. The van der Waals surface area contributed by atoms with Gasteiger partial charge in [0.1, 0.15) is 19.6 Å². The molecule has 0 amide bonds. The lowest BCUT2D eigenvalue weighted by atomic mass is 10.1. The number of aliphatic hydroxyl groups is 2. The van der Waals surface area contributed by atoms with E-state index in [9.17, 15) is 10.2 Å². The Balaban J connectivity index is 2.31. The third-order valence-corrected chi connectivity index (χ3v) is 5.58. The molecule has 3 nitrogen and oxygen atoms in total. The van der Waals surface area contributed by atoms with Gasteiger partial charge in [-0.15, -0.1) is 0 Å². The molecule has 1 aromatic carbocycles. The van der Waals surface area contributed by atoms with Crippen LogP contribution in [0.25, 0.3) is 0 Å². The number of nitrogens with zero attached hydrogens (tertiary/aromatic N) is 1.